The molecular formula is C13H21NO4Si. The molecule has 0 spiro atoms. The van der Waals surface area contributed by atoms with E-state index >= 15 is 0 Å². The van der Waals surface area contributed by atoms with Crippen LogP contribution in [0.15, 0.2) is 18.3 Å². The minimum atomic E-state index is -2.00. The second-order valence-electron chi connectivity index (χ2n) is 5.91. The van der Waals surface area contributed by atoms with E-state index in [1.165, 1.54) is 12.3 Å². The SMILES string of the molecule is CC(C)(C)[Si](C)(C)OOCc1ncccc1C(=O)O. The van der Waals surface area contributed by atoms with Gasteiger partial charge in [0.05, 0.1) is 11.3 Å². The van der Waals surface area contributed by atoms with Crippen molar-refractivity contribution in [1.29, 1.82) is 0 Å². The minimum Gasteiger partial charge on any atom is -0.478 e. The van der Waals surface area contributed by atoms with Crippen LogP contribution >= 0.6 is 0 Å². The first-order valence-electron chi connectivity index (χ1n) is 6.13. The number of aromatic nitrogens is 1. The number of rotatable bonds is 5. The maximum absolute atomic E-state index is 11.0. The van der Waals surface area contributed by atoms with Crippen LogP contribution in [0.5, 0.6) is 0 Å². The Balaban J connectivity index is 2.67. The second-order valence-corrected chi connectivity index (χ2v) is 10.6. The van der Waals surface area contributed by atoms with Crippen LogP contribution in [0.25, 0.3) is 0 Å². The minimum absolute atomic E-state index is 0.0345. The van der Waals surface area contributed by atoms with E-state index in [0.29, 0.717) is 5.69 Å². The number of hydrogen-bond donors (Lipinski definition) is 1. The molecule has 0 saturated carbocycles. The first-order valence-corrected chi connectivity index (χ1v) is 9.04. The number of carbonyl (C=O) groups is 1. The average molecular weight is 283 g/mol. The molecule has 0 saturated heterocycles. The summed E-state index contributed by atoms with van der Waals surface area (Å²) in [6, 6.07) is 3.09. The van der Waals surface area contributed by atoms with Crippen LogP contribution in [-0.2, 0) is 16.1 Å². The number of carboxylic acids is 1. The molecule has 0 radical (unpaired) electrons. The number of hydrogen-bond acceptors (Lipinski definition) is 4. The van der Waals surface area contributed by atoms with Gasteiger partial charge in [0.25, 0.3) is 0 Å². The molecule has 0 aliphatic heterocycles. The topological polar surface area (TPSA) is 68.7 Å². The maximum Gasteiger partial charge on any atom is 0.337 e. The lowest BCUT2D eigenvalue weighted by atomic mass is 10.2. The highest BCUT2D eigenvalue weighted by atomic mass is 28.4. The largest absolute Gasteiger partial charge is 0.478 e. The monoisotopic (exact) mass is 283 g/mol. The van der Waals surface area contributed by atoms with Crippen molar-refractivity contribution in [2.45, 2.75) is 45.5 Å². The fourth-order valence-electron chi connectivity index (χ4n) is 1.11. The highest BCUT2D eigenvalue weighted by molar-refractivity contribution is 6.73. The zero-order chi connectivity index (χ0) is 14.7. The van der Waals surface area contributed by atoms with Crippen molar-refractivity contribution in [3.63, 3.8) is 0 Å². The zero-order valence-electron chi connectivity index (χ0n) is 12.1. The smallest absolute Gasteiger partial charge is 0.337 e. The molecule has 0 bridgehead atoms. The predicted octanol–water partition coefficient (Wildman–Crippen LogP) is 3.23. The Morgan fingerprint density at radius 3 is 2.58 bits per heavy atom. The average Bonchev–Trinajstić information content (AvgIpc) is 2.27. The van der Waals surface area contributed by atoms with Crippen LogP contribution in [0.1, 0.15) is 36.8 Å². The molecule has 1 aromatic rings. The first-order chi connectivity index (χ1) is 8.65. The maximum atomic E-state index is 11.0. The molecule has 5 nitrogen and oxygen atoms in total. The van der Waals surface area contributed by atoms with Gasteiger partial charge in [-0.15, -0.1) is 0 Å². The molecule has 0 atom stereocenters. The summed E-state index contributed by atoms with van der Waals surface area (Å²) >= 11 is 0. The number of nitrogens with zero attached hydrogens (tertiary/aromatic N) is 1. The lowest BCUT2D eigenvalue weighted by Gasteiger charge is -2.34. The molecule has 1 aromatic heterocycles. The van der Waals surface area contributed by atoms with E-state index in [1.807, 2.05) is 0 Å². The molecule has 1 heterocycles. The van der Waals surface area contributed by atoms with Crippen molar-refractivity contribution < 1.29 is 19.4 Å². The Hall–Kier alpha value is -1.24. The van der Waals surface area contributed by atoms with Crippen LogP contribution in [0.2, 0.25) is 18.1 Å². The Kier molecular flexibility index (Phi) is 4.84. The summed E-state index contributed by atoms with van der Waals surface area (Å²) in [5.41, 5.74) is 0.509. The third-order valence-electron chi connectivity index (χ3n) is 3.39. The fourth-order valence-corrected chi connectivity index (χ4v) is 1.71. The lowest BCUT2D eigenvalue weighted by Crippen LogP contribution is -2.40. The Bertz CT molecular complexity index is 454. The van der Waals surface area contributed by atoms with Crippen LogP contribution < -0.4 is 0 Å². The highest BCUT2D eigenvalue weighted by Gasteiger charge is 2.39. The van der Waals surface area contributed by atoms with Crippen molar-refractivity contribution in [3.8, 4) is 0 Å². The zero-order valence-corrected chi connectivity index (χ0v) is 13.1. The van der Waals surface area contributed by atoms with Crippen LogP contribution in [0.4, 0.5) is 0 Å². The van der Waals surface area contributed by atoms with Crippen molar-refractivity contribution >= 4 is 14.3 Å². The standard InChI is InChI=1S/C13H21NO4Si/c1-13(2,3)19(4,5)18-17-9-11-10(12(15)16)7-6-8-14-11/h6-8H,9H2,1-5H3,(H,15,16). The van der Waals surface area contributed by atoms with Crippen molar-refractivity contribution in [3.05, 3.63) is 29.6 Å². The third kappa shape index (κ3) is 4.12. The molecule has 0 amide bonds. The van der Waals surface area contributed by atoms with E-state index in [1.54, 1.807) is 6.07 Å². The highest BCUT2D eigenvalue weighted by Crippen LogP contribution is 2.36. The summed E-state index contributed by atoms with van der Waals surface area (Å²) in [7, 11) is -2.00. The number of aromatic carboxylic acids is 1. The number of carboxylic acid groups (broad SMARTS) is 1. The fraction of sp³-hybridized carbons (Fsp3) is 0.538. The van der Waals surface area contributed by atoms with Gasteiger partial charge in [-0.3, -0.25) is 9.56 Å². The Labute approximate surface area is 114 Å². The van der Waals surface area contributed by atoms with Crippen molar-refractivity contribution in [2.75, 3.05) is 0 Å². The van der Waals surface area contributed by atoms with E-state index in [9.17, 15) is 4.79 Å². The van der Waals surface area contributed by atoms with Gasteiger partial charge < -0.3 is 5.11 Å². The van der Waals surface area contributed by atoms with E-state index in [0.717, 1.165) is 0 Å². The van der Waals surface area contributed by atoms with E-state index in [2.05, 4.69) is 38.8 Å². The summed E-state index contributed by atoms with van der Waals surface area (Å²) in [5, 5.41) is 9.06. The first kappa shape index (κ1) is 15.8. The summed E-state index contributed by atoms with van der Waals surface area (Å²) in [6.45, 7) is 10.5. The molecule has 6 heteroatoms. The van der Waals surface area contributed by atoms with Gasteiger partial charge in [0.15, 0.2) is 0 Å². The van der Waals surface area contributed by atoms with Crippen molar-refractivity contribution in [2.24, 2.45) is 0 Å². The molecule has 1 rings (SSSR count). The quantitative estimate of drug-likeness (QED) is 0.510. The van der Waals surface area contributed by atoms with E-state index in [4.69, 9.17) is 14.6 Å². The summed E-state index contributed by atoms with van der Waals surface area (Å²) in [5.74, 6) is -1.01. The molecular weight excluding hydrogens is 262 g/mol. The van der Waals surface area contributed by atoms with Gasteiger partial charge >= 0.3 is 5.97 Å². The van der Waals surface area contributed by atoms with E-state index < -0.39 is 14.3 Å². The van der Waals surface area contributed by atoms with Gasteiger partial charge in [-0.25, -0.2) is 9.68 Å². The van der Waals surface area contributed by atoms with Crippen molar-refractivity contribution in [1.82, 2.24) is 4.98 Å². The van der Waals surface area contributed by atoms with Gasteiger partial charge in [0.1, 0.15) is 6.61 Å². The molecule has 0 fully saturated rings. The normalized spacial score (nSPS) is 12.5. The molecule has 0 aliphatic rings. The molecule has 19 heavy (non-hydrogen) atoms. The molecule has 0 aliphatic carbocycles. The van der Waals surface area contributed by atoms with Crippen LogP contribution in [0, 0.1) is 0 Å². The number of pyridine rings is 1. The van der Waals surface area contributed by atoms with Gasteiger partial charge in [0, 0.05) is 6.20 Å². The Morgan fingerprint density at radius 1 is 1.42 bits per heavy atom. The van der Waals surface area contributed by atoms with Gasteiger partial charge in [0.2, 0.25) is 8.32 Å². The Morgan fingerprint density at radius 2 is 2.05 bits per heavy atom. The molecule has 0 unspecified atom stereocenters. The van der Waals surface area contributed by atoms with E-state index in [-0.39, 0.29) is 17.2 Å². The second kappa shape index (κ2) is 5.81. The predicted molar refractivity (Wildman–Crippen MR) is 74.3 cm³/mol. The summed E-state index contributed by atoms with van der Waals surface area (Å²) in [6.07, 6.45) is 1.54. The van der Waals surface area contributed by atoms with Crippen LogP contribution in [0.3, 0.4) is 0 Å². The van der Waals surface area contributed by atoms with Crippen LogP contribution in [-0.4, -0.2) is 24.4 Å². The van der Waals surface area contributed by atoms with Gasteiger partial charge in [-0.2, -0.15) is 0 Å². The third-order valence-corrected chi connectivity index (χ3v) is 7.54. The lowest BCUT2D eigenvalue weighted by molar-refractivity contribution is -0.232. The molecule has 0 aromatic carbocycles. The summed E-state index contributed by atoms with van der Waals surface area (Å²) < 4.78 is 5.54. The summed E-state index contributed by atoms with van der Waals surface area (Å²) in [4.78, 5) is 20.3. The van der Waals surface area contributed by atoms with Gasteiger partial charge in [-0.1, -0.05) is 20.8 Å². The molecule has 106 valence electrons. The van der Waals surface area contributed by atoms with Gasteiger partial charge in [-0.05, 0) is 30.3 Å². The molecule has 1 N–H and O–H groups in total.